The van der Waals surface area contributed by atoms with Gasteiger partial charge in [-0.05, 0) is 284 Å². The molecule has 12 rings (SSSR count). The molecule has 0 spiro atoms. The van der Waals surface area contributed by atoms with E-state index in [9.17, 15) is 19.8 Å². The summed E-state index contributed by atoms with van der Waals surface area (Å²) in [6, 6.07) is 25.9. The van der Waals surface area contributed by atoms with Crippen molar-refractivity contribution in [1.82, 2.24) is 0 Å². The number of benzene rings is 6. The number of fused-ring (bicyclic) bond motifs is 6. The number of aliphatic hydroxyl groups excluding tert-OH is 2. The minimum absolute atomic E-state index is 0.203. The van der Waals surface area contributed by atoms with Crippen molar-refractivity contribution in [1.29, 1.82) is 0 Å². The SMILES string of the molecule is CC.CC.CC.CCC1CCc2c1cc(C)c(C)c2C.CCC1CCc2cc(C)ccc21.Cc1cc2c(c(C)c1C)CCC2=O.Cc1cc2c(c(C)c1C)CCC2O.Cc1ccc2c(c1)CCC2=O.Cc1ccc2c(c1)CCC2O. The maximum Gasteiger partial charge on any atom is 0.163 e. The molecule has 4 unspecified atom stereocenters. The van der Waals surface area contributed by atoms with Gasteiger partial charge in [-0.25, -0.2) is 0 Å². The van der Waals surface area contributed by atoms with Gasteiger partial charge in [0.15, 0.2) is 11.6 Å². The average Bonchev–Trinajstić information content (AvgIpc) is 4.36. The van der Waals surface area contributed by atoms with E-state index in [-0.39, 0.29) is 12.2 Å². The number of carbonyl (C=O) groups excluding carboxylic acids is 2. The first kappa shape index (κ1) is 67.1. The second-order valence-electron chi connectivity index (χ2n) is 22.8. The summed E-state index contributed by atoms with van der Waals surface area (Å²) in [6.45, 7) is 42.5. The second kappa shape index (κ2) is 31.7. The average molecular weight is 1080 g/mol. The number of aliphatic hydroxyl groups is 2. The zero-order valence-electron chi connectivity index (χ0n) is 53.8. The van der Waals surface area contributed by atoms with E-state index in [1.807, 2.05) is 65.8 Å². The highest BCUT2D eigenvalue weighted by molar-refractivity contribution is 6.01. The smallest absolute Gasteiger partial charge is 0.163 e. The van der Waals surface area contributed by atoms with E-state index in [0.717, 1.165) is 67.1 Å². The number of Topliss-reactive ketones (excluding diaryl/α,β-unsaturated/α-hetero) is 2. The van der Waals surface area contributed by atoms with Crippen LogP contribution in [0, 0.1) is 83.1 Å². The number of carbonyl (C=O) groups is 2. The van der Waals surface area contributed by atoms with Crippen LogP contribution in [0.4, 0.5) is 0 Å². The highest BCUT2D eigenvalue weighted by atomic mass is 16.3. The summed E-state index contributed by atoms with van der Waals surface area (Å²) in [5.41, 5.74) is 32.4. The lowest BCUT2D eigenvalue weighted by atomic mass is 9.92. The molecule has 0 saturated carbocycles. The van der Waals surface area contributed by atoms with Gasteiger partial charge in [-0.2, -0.15) is 0 Å². The van der Waals surface area contributed by atoms with Crippen LogP contribution >= 0.6 is 0 Å². The molecule has 0 heterocycles. The van der Waals surface area contributed by atoms with Crippen LogP contribution in [0.1, 0.15) is 274 Å². The van der Waals surface area contributed by atoms with Crippen molar-refractivity contribution in [2.24, 2.45) is 0 Å². The molecular formula is C76H106O4. The molecule has 6 aromatic carbocycles. The Balaban J connectivity index is 0.000000203. The van der Waals surface area contributed by atoms with E-state index < -0.39 is 0 Å². The zero-order chi connectivity index (χ0) is 59.7. The Morgan fingerprint density at radius 1 is 0.350 bits per heavy atom. The highest BCUT2D eigenvalue weighted by Gasteiger charge is 2.26. The van der Waals surface area contributed by atoms with Crippen molar-refractivity contribution >= 4 is 11.6 Å². The molecule has 6 aliphatic carbocycles. The zero-order valence-corrected chi connectivity index (χ0v) is 53.8. The molecule has 0 fully saturated rings. The number of hydrogen-bond acceptors (Lipinski definition) is 4. The second-order valence-corrected chi connectivity index (χ2v) is 22.8. The van der Waals surface area contributed by atoms with Gasteiger partial charge in [0.25, 0.3) is 0 Å². The van der Waals surface area contributed by atoms with Gasteiger partial charge in [-0.3, -0.25) is 9.59 Å². The molecule has 80 heavy (non-hydrogen) atoms. The summed E-state index contributed by atoms with van der Waals surface area (Å²) < 4.78 is 0. The van der Waals surface area contributed by atoms with E-state index >= 15 is 0 Å². The lowest BCUT2D eigenvalue weighted by Crippen LogP contribution is -1.97. The first-order chi connectivity index (χ1) is 38.2. The summed E-state index contributed by atoms with van der Waals surface area (Å²) in [5.74, 6) is 2.31. The highest BCUT2D eigenvalue weighted by Crippen LogP contribution is 2.40. The van der Waals surface area contributed by atoms with Crippen LogP contribution < -0.4 is 0 Å². The van der Waals surface area contributed by atoms with Gasteiger partial charge >= 0.3 is 0 Å². The van der Waals surface area contributed by atoms with Gasteiger partial charge in [0.1, 0.15) is 0 Å². The summed E-state index contributed by atoms with van der Waals surface area (Å²) in [7, 11) is 0. The molecule has 4 atom stereocenters. The summed E-state index contributed by atoms with van der Waals surface area (Å²) in [5, 5.41) is 19.2. The molecule has 6 aromatic rings. The molecule has 2 N–H and O–H groups in total. The summed E-state index contributed by atoms with van der Waals surface area (Å²) in [6.07, 6.45) is 14.7. The fraction of sp³-hybridized carbons (Fsp3) is 0.500. The van der Waals surface area contributed by atoms with E-state index in [1.54, 1.807) is 27.8 Å². The van der Waals surface area contributed by atoms with E-state index in [0.29, 0.717) is 24.4 Å². The Bertz CT molecular complexity index is 3040. The molecular weight excluding hydrogens is 977 g/mol. The normalized spacial score (nSPS) is 17.7. The van der Waals surface area contributed by atoms with Crippen LogP contribution in [0.25, 0.3) is 0 Å². The number of aryl methyl sites for hydroxylation is 9. The Morgan fingerprint density at radius 2 is 0.738 bits per heavy atom. The quantitative estimate of drug-likeness (QED) is 0.181. The predicted molar refractivity (Wildman–Crippen MR) is 344 cm³/mol. The van der Waals surface area contributed by atoms with Crippen molar-refractivity contribution in [3.05, 3.63) is 206 Å². The third-order valence-corrected chi connectivity index (χ3v) is 18.1. The molecule has 434 valence electrons. The van der Waals surface area contributed by atoms with Crippen LogP contribution in [0.2, 0.25) is 0 Å². The summed E-state index contributed by atoms with van der Waals surface area (Å²) in [4.78, 5) is 22.7. The molecule has 0 aliphatic heterocycles. The van der Waals surface area contributed by atoms with E-state index in [2.05, 4.69) is 145 Å². The first-order valence-electron chi connectivity index (χ1n) is 31.2. The fourth-order valence-electron chi connectivity index (χ4n) is 12.6. The van der Waals surface area contributed by atoms with Crippen molar-refractivity contribution in [3.8, 4) is 0 Å². The Kier molecular flexibility index (Phi) is 26.6. The minimum atomic E-state index is -0.215. The van der Waals surface area contributed by atoms with Crippen molar-refractivity contribution < 1.29 is 19.8 Å². The number of rotatable bonds is 2. The fourth-order valence-corrected chi connectivity index (χ4v) is 12.6. The number of hydrogen-bond donors (Lipinski definition) is 2. The third kappa shape index (κ3) is 16.2. The topological polar surface area (TPSA) is 74.6 Å². The van der Waals surface area contributed by atoms with Crippen LogP contribution in [0.3, 0.4) is 0 Å². The lowest BCUT2D eigenvalue weighted by molar-refractivity contribution is 0.0986. The van der Waals surface area contributed by atoms with Crippen LogP contribution in [-0.2, 0) is 38.5 Å². The largest absolute Gasteiger partial charge is 0.388 e. The monoisotopic (exact) mass is 1080 g/mol. The predicted octanol–water partition coefficient (Wildman–Crippen LogP) is 20.0. The van der Waals surface area contributed by atoms with Gasteiger partial charge in [0, 0.05) is 24.0 Å². The molecule has 0 amide bonds. The van der Waals surface area contributed by atoms with Crippen LogP contribution in [0.5, 0.6) is 0 Å². The Labute approximate surface area is 487 Å². The lowest BCUT2D eigenvalue weighted by Gasteiger charge is -2.14. The van der Waals surface area contributed by atoms with Crippen LogP contribution in [-0.4, -0.2) is 21.8 Å². The van der Waals surface area contributed by atoms with Gasteiger partial charge in [0.05, 0.1) is 12.2 Å². The van der Waals surface area contributed by atoms with Crippen molar-refractivity contribution in [2.75, 3.05) is 0 Å². The molecule has 0 saturated heterocycles. The Morgan fingerprint density at radius 3 is 1.31 bits per heavy atom. The number of ketones is 2. The van der Waals surface area contributed by atoms with Crippen LogP contribution in [0.15, 0.2) is 72.8 Å². The molecule has 0 radical (unpaired) electrons. The first-order valence-corrected chi connectivity index (χ1v) is 31.2. The maximum absolute atomic E-state index is 11.5. The molecule has 0 aromatic heterocycles. The van der Waals surface area contributed by atoms with E-state index in [1.165, 1.54) is 128 Å². The molecule has 6 aliphatic rings. The molecule has 4 nitrogen and oxygen atoms in total. The van der Waals surface area contributed by atoms with Crippen molar-refractivity contribution in [3.63, 3.8) is 0 Å². The minimum Gasteiger partial charge on any atom is -0.388 e. The Hall–Kier alpha value is -5.42. The standard InChI is InChI=1S/C14H20.C12H16O.C12H14O.C12H16.C10H12O.C10H10O.3C2H6/c1-5-12-6-7-13-11(4)10(3)9(2)8-14(12)13;2*1-7-6-11-10(4-5-12(11)13)9(3)8(7)2;1-3-10-5-6-11-8-9(2)4-7-12(10)11;2*1-7-2-4-9-8(6-7)3-5-10(9)11;3*1-2/h8,12H,5-7H2,1-4H3;6,12-13H,4-5H2,1-3H3;6H,4-5H2,1-3H3;4,7-8,10H,3,5-6H2,1-2H3;2,4,6,10-11H,3,5H2,1H3;2,4,6H,3,5H2,1H3;3*1-2H3. The van der Waals surface area contributed by atoms with Gasteiger partial charge in [-0.1, -0.05) is 139 Å². The van der Waals surface area contributed by atoms with Crippen molar-refractivity contribution in [2.45, 2.75) is 252 Å². The molecule has 0 bridgehead atoms. The van der Waals surface area contributed by atoms with Gasteiger partial charge in [0.2, 0.25) is 0 Å². The maximum atomic E-state index is 11.5. The molecule has 4 heteroatoms. The summed E-state index contributed by atoms with van der Waals surface area (Å²) >= 11 is 0. The van der Waals surface area contributed by atoms with E-state index in [4.69, 9.17) is 0 Å². The van der Waals surface area contributed by atoms with Gasteiger partial charge < -0.3 is 10.2 Å². The van der Waals surface area contributed by atoms with Gasteiger partial charge in [-0.15, -0.1) is 0 Å². The third-order valence-electron chi connectivity index (χ3n) is 18.1.